The lowest BCUT2D eigenvalue weighted by atomic mass is 10.0. The summed E-state index contributed by atoms with van der Waals surface area (Å²) in [7, 11) is 1.91. The first kappa shape index (κ1) is 22.9. The number of hydrogen-bond acceptors (Lipinski definition) is 5. The fourth-order valence-corrected chi connectivity index (χ4v) is 5.19. The minimum absolute atomic E-state index is 0.169. The van der Waals surface area contributed by atoms with Crippen LogP contribution in [0.3, 0.4) is 0 Å². The molecule has 0 spiro atoms. The second-order valence-electron chi connectivity index (χ2n) is 7.27. The molecule has 2 aromatic heterocycles. The smallest absolute Gasteiger partial charge is 0.234 e. The van der Waals surface area contributed by atoms with Crippen LogP contribution in [-0.2, 0) is 11.8 Å². The van der Waals surface area contributed by atoms with Gasteiger partial charge in [-0.2, -0.15) is 0 Å². The first-order chi connectivity index (χ1) is 15.3. The molecule has 32 heavy (non-hydrogen) atoms. The van der Waals surface area contributed by atoms with Gasteiger partial charge < -0.3 is 9.88 Å². The minimum atomic E-state index is -0.199. The molecule has 1 amide bonds. The number of amides is 1. The highest BCUT2D eigenvalue weighted by Crippen LogP contribution is 2.39. The molecule has 1 N–H and O–H groups in total. The number of anilines is 1. The molecule has 164 valence electrons. The first-order valence-electron chi connectivity index (χ1n) is 9.76. The summed E-state index contributed by atoms with van der Waals surface area (Å²) in [5.74, 6) is 0.739. The van der Waals surface area contributed by atoms with Gasteiger partial charge in [-0.25, -0.2) is 0 Å². The van der Waals surface area contributed by atoms with Gasteiger partial charge in [-0.3, -0.25) is 4.79 Å². The molecule has 0 saturated heterocycles. The number of nitrogens with one attached hydrogen (secondary N) is 1. The van der Waals surface area contributed by atoms with Crippen molar-refractivity contribution in [2.45, 2.75) is 19.0 Å². The molecule has 2 aromatic carbocycles. The molecule has 0 bridgehead atoms. The van der Waals surface area contributed by atoms with Crippen molar-refractivity contribution in [2.75, 3.05) is 11.1 Å². The molecule has 9 heteroatoms. The highest BCUT2D eigenvalue weighted by molar-refractivity contribution is 7.99. The third-order valence-electron chi connectivity index (χ3n) is 4.93. The van der Waals surface area contributed by atoms with Crippen LogP contribution in [0.1, 0.15) is 10.4 Å². The van der Waals surface area contributed by atoms with E-state index in [1.54, 1.807) is 29.5 Å². The van der Waals surface area contributed by atoms with E-state index in [9.17, 15) is 4.79 Å². The highest BCUT2D eigenvalue weighted by Gasteiger charge is 2.19. The maximum absolute atomic E-state index is 12.4. The minimum Gasteiger partial charge on any atom is -0.324 e. The van der Waals surface area contributed by atoms with E-state index >= 15 is 0 Å². The van der Waals surface area contributed by atoms with Crippen LogP contribution in [0.4, 0.5) is 5.69 Å². The molecule has 0 atom stereocenters. The van der Waals surface area contributed by atoms with Crippen LogP contribution in [0, 0.1) is 13.8 Å². The molecular weight excluding hydrogens is 483 g/mol. The third-order valence-corrected chi connectivity index (χ3v) is 7.42. The Balaban J connectivity index is 1.52. The number of carbonyl (C=O) groups is 1. The lowest BCUT2D eigenvalue weighted by Gasteiger charge is -2.08. The molecule has 0 fully saturated rings. The Morgan fingerprint density at radius 3 is 2.62 bits per heavy atom. The van der Waals surface area contributed by atoms with Crippen molar-refractivity contribution in [3.05, 3.63) is 68.3 Å². The summed E-state index contributed by atoms with van der Waals surface area (Å²) in [4.78, 5) is 13.6. The molecule has 0 saturated carbocycles. The zero-order valence-corrected chi connectivity index (χ0v) is 20.8. The number of aromatic nitrogens is 3. The molecule has 4 rings (SSSR count). The summed E-state index contributed by atoms with van der Waals surface area (Å²) in [6.45, 7) is 4.19. The number of carbonyl (C=O) groups excluding carboxylic acids is 1. The van der Waals surface area contributed by atoms with Crippen LogP contribution in [-0.4, -0.2) is 26.4 Å². The Hall–Kier alpha value is -2.32. The number of benzene rings is 2. The fourth-order valence-electron chi connectivity index (χ4n) is 3.28. The molecule has 0 aliphatic carbocycles. The average molecular weight is 503 g/mol. The van der Waals surface area contributed by atoms with Gasteiger partial charge in [-0.05, 0) is 37.6 Å². The van der Waals surface area contributed by atoms with E-state index in [-0.39, 0.29) is 11.7 Å². The largest absolute Gasteiger partial charge is 0.324 e. The predicted molar refractivity (Wildman–Crippen MR) is 135 cm³/mol. The molecule has 5 nitrogen and oxygen atoms in total. The Kier molecular flexibility index (Phi) is 6.90. The van der Waals surface area contributed by atoms with Crippen molar-refractivity contribution in [1.82, 2.24) is 14.8 Å². The van der Waals surface area contributed by atoms with Gasteiger partial charge in [0.15, 0.2) is 11.0 Å². The van der Waals surface area contributed by atoms with Gasteiger partial charge >= 0.3 is 0 Å². The van der Waals surface area contributed by atoms with E-state index in [0.29, 0.717) is 20.9 Å². The average Bonchev–Trinajstić information content (AvgIpc) is 3.32. The predicted octanol–water partition coefficient (Wildman–Crippen LogP) is 6.87. The van der Waals surface area contributed by atoms with Gasteiger partial charge in [-0.15, -0.1) is 21.5 Å². The second-order valence-corrected chi connectivity index (χ2v) is 10.1. The van der Waals surface area contributed by atoms with Gasteiger partial charge in [-0.1, -0.05) is 64.8 Å². The van der Waals surface area contributed by atoms with Gasteiger partial charge in [0.05, 0.1) is 16.5 Å². The third kappa shape index (κ3) is 4.86. The van der Waals surface area contributed by atoms with Crippen molar-refractivity contribution >= 4 is 57.9 Å². The summed E-state index contributed by atoms with van der Waals surface area (Å²) in [5, 5.41) is 15.2. The van der Waals surface area contributed by atoms with Gasteiger partial charge in [0.2, 0.25) is 5.91 Å². The van der Waals surface area contributed by atoms with E-state index in [2.05, 4.69) is 59.0 Å². The van der Waals surface area contributed by atoms with E-state index in [1.165, 1.54) is 22.2 Å². The monoisotopic (exact) mass is 502 g/mol. The van der Waals surface area contributed by atoms with Crippen molar-refractivity contribution in [2.24, 2.45) is 7.05 Å². The summed E-state index contributed by atoms with van der Waals surface area (Å²) in [6.07, 6.45) is 0. The van der Waals surface area contributed by atoms with Gasteiger partial charge in [0.25, 0.3) is 0 Å². The van der Waals surface area contributed by atoms with Crippen LogP contribution in [0.15, 0.2) is 53.0 Å². The number of thiophene rings is 1. The van der Waals surface area contributed by atoms with Crippen LogP contribution >= 0.6 is 46.3 Å². The van der Waals surface area contributed by atoms with Crippen molar-refractivity contribution < 1.29 is 4.79 Å². The molecule has 4 aromatic rings. The van der Waals surface area contributed by atoms with Crippen molar-refractivity contribution in [3.63, 3.8) is 0 Å². The van der Waals surface area contributed by atoms with Gasteiger partial charge in [0.1, 0.15) is 0 Å². The zero-order chi connectivity index (χ0) is 22.8. The number of thioether (sulfide) groups is 1. The lowest BCUT2D eigenvalue weighted by molar-refractivity contribution is -0.113. The molecular formula is C23H20Cl2N4OS2. The van der Waals surface area contributed by atoms with E-state index in [4.69, 9.17) is 23.2 Å². The van der Waals surface area contributed by atoms with Gasteiger partial charge in [0, 0.05) is 33.5 Å². The Labute approximate surface area is 204 Å². The van der Waals surface area contributed by atoms with Crippen LogP contribution in [0.25, 0.3) is 22.5 Å². The number of rotatable bonds is 6. The fraction of sp³-hybridized carbons (Fsp3) is 0.174. The zero-order valence-electron chi connectivity index (χ0n) is 17.6. The van der Waals surface area contributed by atoms with E-state index in [0.717, 1.165) is 22.5 Å². The highest BCUT2D eigenvalue weighted by atomic mass is 35.5. The van der Waals surface area contributed by atoms with Crippen molar-refractivity contribution in [3.8, 4) is 22.5 Å². The molecule has 0 aliphatic heterocycles. The second kappa shape index (κ2) is 9.67. The topological polar surface area (TPSA) is 59.8 Å². The Bertz CT molecular complexity index is 1280. The normalized spacial score (nSPS) is 11.0. The molecule has 0 unspecified atom stereocenters. The summed E-state index contributed by atoms with van der Waals surface area (Å²) in [6, 6.07) is 13.4. The number of nitrogens with zero attached hydrogens (tertiary/aromatic N) is 3. The molecule has 0 aliphatic rings. The van der Waals surface area contributed by atoms with Crippen molar-refractivity contribution in [1.29, 1.82) is 0 Å². The maximum Gasteiger partial charge on any atom is 0.234 e. The van der Waals surface area contributed by atoms with Crippen LogP contribution in [0.5, 0.6) is 0 Å². The lowest BCUT2D eigenvalue weighted by Crippen LogP contribution is -2.14. The maximum atomic E-state index is 12.4. The standard InChI is InChI=1S/C23H20Cl2N4OS2/c1-13-4-6-15(7-5-13)21-14(2)31-11-17(21)22-27-28-23(29(22)3)32-12-20(30)26-19-10-16(24)8-9-18(19)25/h4-11H,12H2,1-3H3,(H,26,30). The molecule has 0 radical (unpaired) electrons. The summed E-state index contributed by atoms with van der Waals surface area (Å²) in [5.41, 5.74) is 5.06. The van der Waals surface area contributed by atoms with E-state index < -0.39 is 0 Å². The van der Waals surface area contributed by atoms with E-state index in [1.807, 2.05) is 11.6 Å². The summed E-state index contributed by atoms with van der Waals surface area (Å²) < 4.78 is 1.92. The first-order valence-corrected chi connectivity index (χ1v) is 12.4. The quantitative estimate of drug-likeness (QED) is 0.292. The summed E-state index contributed by atoms with van der Waals surface area (Å²) >= 11 is 15.1. The number of halogens is 2. The molecule has 2 heterocycles. The number of aryl methyl sites for hydroxylation is 2. The Morgan fingerprint density at radius 1 is 1.12 bits per heavy atom. The SMILES string of the molecule is Cc1ccc(-c2c(-c3nnc(SCC(=O)Nc4cc(Cl)ccc4Cl)n3C)csc2C)cc1. The van der Waals surface area contributed by atoms with Crippen LogP contribution < -0.4 is 5.32 Å². The van der Waals surface area contributed by atoms with Crippen LogP contribution in [0.2, 0.25) is 10.0 Å². The number of hydrogen-bond donors (Lipinski definition) is 1. The Morgan fingerprint density at radius 2 is 1.88 bits per heavy atom.